The highest BCUT2D eigenvalue weighted by atomic mass is 16.5. The third-order valence-electron chi connectivity index (χ3n) is 4.05. The smallest absolute Gasteiger partial charge is 0.310 e. The van der Waals surface area contributed by atoms with E-state index < -0.39 is 0 Å². The number of ether oxygens (including phenoxy) is 1. The molecule has 0 bridgehead atoms. The molecule has 1 heterocycles. The molecule has 1 aliphatic rings. The summed E-state index contributed by atoms with van der Waals surface area (Å²) in [7, 11) is 0. The highest BCUT2D eigenvalue weighted by molar-refractivity contribution is 5.81. The molecule has 1 aliphatic heterocycles. The van der Waals surface area contributed by atoms with Crippen molar-refractivity contribution in [3.05, 3.63) is 0 Å². The summed E-state index contributed by atoms with van der Waals surface area (Å²) in [6, 6.07) is -0.160. The quantitative estimate of drug-likeness (QED) is 0.694. The van der Waals surface area contributed by atoms with Gasteiger partial charge in [-0.3, -0.25) is 14.5 Å². The number of carbonyl (C=O) groups excluding carboxylic acids is 2. The number of rotatable bonds is 6. The van der Waals surface area contributed by atoms with Gasteiger partial charge in [-0.15, -0.1) is 0 Å². The lowest BCUT2D eigenvalue weighted by Gasteiger charge is -2.36. The molecule has 1 rings (SSSR count). The molecule has 0 aromatic heterocycles. The normalized spacial score (nSPS) is 21.3. The Labute approximate surface area is 122 Å². The van der Waals surface area contributed by atoms with Crippen LogP contribution < -0.4 is 0 Å². The first-order valence-corrected chi connectivity index (χ1v) is 7.74. The molecule has 0 radical (unpaired) electrons. The van der Waals surface area contributed by atoms with Gasteiger partial charge >= 0.3 is 5.97 Å². The van der Waals surface area contributed by atoms with Crippen LogP contribution >= 0.6 is 0 Å². The maximum Gasteiger partial charge on any atom is 0.310 e. The molecule has 5 heteroatoms. The lowest BCUT2D eigenvalue weighted by Crippen LogP contribution is -2.51. The van der Waals surface area contributed by atoms with Crippen LogP contribution in [0, 0.1) is 5.92 Å². The maximum atomic E-state index is 12.4. The number of hydrogen-bond donors (Lipinski definition) is 0. The highest BCUT2D eigenvalue weighted by Crippen LogP contribution is 2.20. The minimum absolute atomic E-state index is 0.0874. The zero-order chi connectivity index (χ0) is 15.1. The van der Waals surface area contributed by atoms with Crippen LogP contribution in [0.4, 0.5) is 0 Å². The van der Waals surface area contributed by atoms with Gasteiger partial charge in [0, 0.05) is 19.6 Å². The van der Waals surface area contributed by atoms with E-state index in [1.54, 1.807) is 0 Å². The van der Waals surface area contributed by atoms with Gasteiger partial charge in [-0.1, -0.05) is 0 Å². The molecule has 0 aliphatic carbocycles. The molecule has 20 heavy (non-hydrogen) atoms. The first-order chi connectivity index (χ1) is 9.54. The SMILES string of the molecule is CCOC(=O)C1CCCN(C(C)C(=O)N(CC)CC)C1. The number of hydrogen-bond acceptors (Lipinski definition) is 4. The predicted molar refractivity (Wildman–Crippen MR) is 78.3 cm³/mol. The molecule has 1 fully saturated rings. The van der Waals surface area contributed by atoms with Crippen LogP contribution in [0.2, 0.25) is 0 Å². The molecule has 5 nitrogen and oxygen atoms in total. The summed E-state index contributed by atoms with van der Waals surface area (Å²) < 4.78 is 5.10. The Hall–Kier alpha value is -1.10. The van der Waals surface area contributed by atoms with Gasteiger partial charge in [0.1, 0.15) is 0 Å². The van der Waals surface area contributed by atoms with E-state index >= 15 is 0 Å². The van der Waals surface area contributed by atoms with Gasteiger partial charge in [-0.2, -0.15) is 0 Å². The molecule has 0 spiro atoms. The third-order valence-corrected chi connectivity index (χ3v) is 4.05. The Morgan fingerprint density at radius 2 is 1.95 bits per heavy atom. The molecule has 0 N–H and O–H groups in total. The van der Waals surface area contributed by atoms with Crippen molar-refractivity contribution in [3.8, 4) is 0 Å². The average molecular weight is 284 g/mol. The van der Waals surface area contributed by atoms with Crippen molar-refractivity contribution in [2.45, 2.75) is 46.6 Å². The van der Waals surface area contributed by atoms with Crippen molar-refractivity contribution < 1.29 is 14.3 Å². The number of amides is 1. The van der Waals surface area contributed by atoms with Gasteiger partial charge in [-0.05, 0) is 47.1 Å². The fraction of sp³-hybridized carbons (Fsp3) is 0.867. The molecule has 1 amide bonds. The highest BCUT2D eigenvalue weighted by Gasteiger charge is 2.32. The lowest BCUT2D eigenvalue weighted by molar-refractivity contribution is -0.151. The topological polar surface area (TPSA) is 49.9 Å². The Kier molecular flexibility index (Phi) is 6.99. The molecule has 1 saturated heterocycles. The van der Waals surface area contributed by atoms with Gasteiger partial charge in [0.15, 0.2) is 0 Å². The first kappa shape index (κ1) is 17.0. The fourth-order valence-corrected chi connectivity index (χ4v) is 2.77. The van der Waals surface area contributed by atoms with Crippen molar-refractivity contribution in [1.82, 2.24) is 9.80 Å². The van der Waals surface area contributed by atoms with E-state index in [4.69, 9.17) is 4.74 Å². The summed E-state index contributed by atoms with van der Waals surface area (Å²) in [6.07, 6.45) is 1.81. The molecule has 2 atom stereocenters. The first-order valence-electron chi connectivity index (χ1n) is 7.74. The van der Waals surface area contributed by atoms with Crippen molar-refractivity contribution >= 4 is 11.9 Å². The monoisotopic (exact) mass is 284 g/mol. The lowest BCUT2D eigenvalue weighted by atomic mass is 9.96. The largest absolute Gasteiger partial charge is 0.466 e. The summed E-state index contributed by atoms with van der Waals surface area (Å²) >= 11 is 0. The number of carbonyl (C=O) groups is 2. The average Bonchev–Trinajstić information content (AvgIpc) is 2.48. The molecule has 0 aromatic rings. The molecule has 116 valence electrons. The summed E-state index contributed by atoms with van der Waals surface area (Å²) in [5.74, 6) is -0.0603. The predicted octanol–water partition coefficient (Wildman–Crippen LogP) is 1.52. The van der Waals surface area contributed by atoms with Crippen molar-refractivity contribution in [2.24, 2.45) is 5.92 Å². The zero-order valence-corrected chi connectivity index (χ0v) is 13.2. The number of esters is 1. The molecule has 0 saturated carbocycles. The van der Waals surface area contributed by atoms with Crippen LogP contribution in [0.3, 0.4) is 0 Å². The van der Waals surface area contributed by atoms with Gasteiger partial charge in [-0.25, -0.2) is 0 Å². The van der Waals surface area contributed by atoms with Gasteiger partial charge in [0.25, 0.3) is 0 Å². The Bertz CT molecular complexity index is 329. The van der Waals surface area contributed by atoms with Crippen molar-refractivity contribution in [2.75, 3.05) is 32.8 Å². The summed E-state index contributed by atoms with van der Waals surface area (Å²) in [5, 5.41) is 0. The second-order valence-corrected chi connectivity index (χ2v) is 5.27. The molecule has 0 aromatic carbocycles. The third kappa shape index (κ3) is 4.20. The van der Waals surface area contributed by atoms with Gasteiger partial charge in [0.2, 0.25) is 5.91 Å². The van der Waals surface area contributed by atoms with Crippen molar-refractivity contribution in [1.29, 1.82) is 0 Å². The fourth-order valence-electron chi connectivity index (χ4n) is 2.77. The van der Waals surface area contributed by atoms with E-state index in [1.807, 2.05) is 32.6 Å². The van der Waals surface area contributed by atoms with E-state index in [9.17, 15) is 9.59 Å². The minimum Gasteiger partial charge on any atom is -0.466 e. The van der Waals surface area contributed by atoms with Crippen LogP contribution in [-0.4, -0.2) is 60.5 Å². The molecule has 2 unspecified atom stereocenters. The van der Waals surface area contributed by atoms with E-state index in [-0.39, 0.29) is 23.8 Å². The number of piperidine rings is 1. The molecular formula is C15H28N2O3. The number of likely N-dealkylation sites (tertiary alicyclic amines) is 1. The van der Waals surface area contributed by atoms with E-state index in [0.717, 1.165) is 32.5 Å². The van der Waals surface area contributed by atoms with Crippen LogP contribution in [0.5, 0.6) is 0 Å². The zero-order valence-electron chi connectivity index (χ0n) is 13.2. The molecular weight excluding hydrogens is 256 g/mol. The second kappa shape index (κ2) is 8.25. The number of likely N-dealkylation sites (N-methyl/N-ethyl adjacent to an activating group) is 1. The summed E-state index contributed by atoms with van der Waals surface area (Å²) in [6.45, 7) is 11.1. The van der Waals surface area contributed by atoms with Crippen LogP contribution in [-0.2, 0) is 14.3 Å². The summed E-state index contributed by atoms with van der Waals surface area (Å²) in [4.78, 5) is 28.2. The van der Waals surface area contributed by atoms with E-state index in [1.165, 1.54) is 0 Å². The van der Waals surface area contributed by atoms with Crippen molar-refractivity contribution in [3.63, 3.8) is 0 Å². The number of nitrogens with zero attached hydrogens (tertiary/aromatic N) is 2. The van der Waals surface area contributed by atoms with Gasteiger partial charge in [0.05, 0.1) is 18.6 Å². The Morgan fingerprint density at radius 3 is 2.50 bits per heavy atom. The van der Waals surface area contributed by atoms with Crippen LogP contribution in [0.1, 0.15) is 40.5 Å². The summed E-state index contributed by atoms with van der Waals surface area (Å²) in [5.41, 5.74) is 0. The maximum absolute atomic E-state index is 12.4. The van der Waals surface area contributed by atoms with E-state index in [2.05, 4.69) is 4.90 Å². The Balaban J connectivity index is 2.62. The van der Waals surface area contributed by atoms with Crippen LogP contribution in [0.25, 0.3) is 0 Å². The van der Waals surface area contributed by atoms with Gasteiger partial charge < -0.3 is 9.64 Å². The Morgan fingerprint density at radius 1 is 1.30 bits per heavy atom. The van der Waals surface area contributed by atoms with E-state index in [0.29, 0.717) is 13.2 Å². The standard InChI is InChI=1S/C15H28N2O3/c1-5-16(6-2)14(18)12(4)17-10-8-9-13(11-17)15(19)20-7-3/h12-13H,5-11H2,1-4H3. The van der Waals surface area contributed by atoms with Crippen LogP contribution in [0.15, 0.2) is 0 Å². The minimum atomic E-state index is -0.160. The second-order valence-electron chi connectivity index (χ2n) is 5.27.